The lowest BCUT2D eigenvalue weighted by molar-refractivity contribution is -0.115. The molecule has 1 fully saturated rings. The molecular weight excluding hydrogens is 324 g/mol. The molecule has 0 radical (unpaired) electrons. The third kappa shape index (κ3) is 3.84. The molecule has 7 heteroatoms. The predicted octanol–water partition coefficient (Wildman–Crippen LogP) is 3.24. The summed E-state index contributed by atoms with van der Waals surface area (Å²) in [6.07, 6.45) is 2.75. The number of carbonyl (C=O) groups is 2. The minimum atomic E-state index is -0.0422. The Hall–Kier alpha value is -2.15. The highest BCUT2D eigenvalue weighted by Crippen LogP contribution is 2.38. The van der Waals surface area contributed by atoms with Crippen molar-refractivity contribution in [1.29, 1.82) is 0 Å². The van der Waals surface area contributed by atoms with Crippen LogP contribution in [0.25, 0.3) is 0 Å². The smallest absolute Gasteiger partial charge is 0.224 e. The van der Waals surface area contributed by atoms with Crippen LogP contribution in [0, 0.1) is 6.92 Å². The van der Waals surface area contributed by atoms with Crippen molar-refractivity contribution in [3.8, 4) is 0 Å². The van der Waals surface area contributed by atoms with Crippen molar-refractivity contribution >= 4 is 29.1 Å². The normalized spacial score (nSPS) is 13.8. The minimum Gasteiger partial charge on any atom is -0.326 e. The van der Waals surface area contributed by atoms with Crippen molar-refractivity contribution in [2.75, 3.05) is 11.1 Å². The van der Waals surface area contributed by atoms with Crippen LogP contribution in [0.3, 0.4) is 0 Å². The van der Waals surface area contributed by atoms with E-state index in [0.29, 0.717) is 29.5 Å². The zero-order valence-corrected chi connectivity index (χ0v) is 14.6. The van der Waals surface area contributed by atoms with E-state index in [1.165, 1.54) is 11.8 Å². The van der Waals surface area contributed by atoms with Crippen molar-refractivity contribution in [2.24, 2.45) is 0 Å². The van der Waals surface area contributed by atoms with Crippen LogP contribution in [-0.4, -0.2) is 32.2 Å². The predicted molar refractivity (Wildman–Crippen MR) is 93.4 cm³/mol. The number of nitrogens with one attached hydrogen (secondary N) is 1. The monoisotopic (exact) mass is 344 g/mol. The Balaban J connectivity index is 1.60. The lowest BCUT2D eigenvalue weighted by Gasteiger charge is -2.07. The average molecular weight is 344 g/mol. The molecule has 2 aromatic rings. The maximum absolute atomic E-state index is 12.3. The highest BCUT2D eigenvalue weighted by atomic mass is 32.2. The first-order valence-electron chi connectivity index (χ1n) is 8.06. The van der Waals surface area contributed by atoms with Crippen molar-refractivity contribution in [3.63, 3.8) is 0 Å². The number of hydrogen-bond donors (Lipinski definition) is 1. The largest absolute Gasteiger partial charge is 0.326 e. The molecule has 1 aliphatic carbocycles. The summed E-state index contributed by atoms with van der Waals surface area (Å²) < 4.78 is 2.13. The van der Waals surface area contributed by atoms with Gasteiger partial charge in [0.2, 0.25) is 5.91 Å². The summed E-state index contributed by atoms with van der Waals surface area (Å²) in [4.78, 5) is 23.7. The van der Waals surface area contributed by atoms with Gasteiger partial charge in [-0.1, -0.05) is 18.7 Å². The maximum Gasteiger partial charge on any atom is 0.224 e. The quantitative estimate of drug-likeness (QED) is 0.616. The summed E-state index contributed by atoms with van der Waals surface area (Å²) >= 11 is 1.43. The van der Waals surface area contributed by atoms with E-state index in [1.54, 1.807) is 31.2 Å². The van der Waals surface area contributed by atoms with Crippen LogP contribution >= 0.6 is 11.8 Å². The second-order valence-corrected chi connectivity index (χ2v) is 6.76. The molecule has 6 nitrogen and oxygen atoms in total. The summed E-state index contributed by atoms with van der Waals surface area (Å²) in [6.45, 7) is 3.74. The standard InChI is InChI=1S/C17H20N4O2S/c1-3-16(23)18-13-6-4-12(5-7-13)15(22)10-24-17-20-19-11(2)21(17)14-8-9-14/h4-7,14H,3,8-10H2,1-2H3,(H,18,23). The van der Waals surface area contributed by atoms with Gasteiger partial charge in [-0.25, -0.2) is 0 Å². The Kier molecular flexibility index (Phi) is 4.99. The first kappa shape index (κ1) is 16.7. The summed E-state index contributed by atoms with van der Waals surface area (Å²) in [5.74, 6) is 1.23. The third-order valence-electron chi connectivity index (χ3n) is 3.89. The second kappa shape index (κ2) is 7.17. The number of ketones is 1. The molecule has 1 heterocycles. The van der Waals surface area contributed by atoms with Crippen LogP contribution in [0.4, 0.5) is 5.69 Å². The molecule has 0 saturated heterocycles. The van der Waals surface area contributed by atoms with E-state index < -0.39 is 0 Å². The Morgan fingerprint density at radius 1 is 1.25 bits per heavy atom. The average Bonchev–Trinajstić information content (AvgIpc) is 3.36. The molecule has 1 saturated carbocycles. The van der Waals surface area contributed by atoms with Crippen LogP contribution in [0.2, 0.25) is 0 Å². The Morgan fingerprint density at radius 2 is 1.96 bits per heavy atom. The summed E-state index contributed by atoms with van der Waals surface area (Å²) in [7, 11) is 0. The minimum absolute atomic E-state index is 0.0383. The van der Waals surface area contributed by atoms with Crippen LogP contribution in [0.5, 0.6) is 0 Å². The van der Waals surface area contributed by atoms with E-state index in [1.807, 2.05) is 6.92 Å². The fourth-order valence-electron chi connectivity index (χ4n) is 2.40. The molecule has 0 unspecified atom stereocenters. The Labute approximate surface area is 145 Å². The van der Waals surface area contributed by atoms with E-state index in [-0.39, 0.29) is 11.7 Å². The van der Waals surface area contributed by atoms with Crippen LogP contribution in [0.15, 0.2) is 29.4 Å². The Bertz CT molecular complexity index is 750. The molecule has 1 aromatic carbocycles. The number of thioether (sulfide) groups is 1. The number of Topliss-reactive ketones (excluding diaryl/α,β-unsaturated/α-hetero) is 1. The fraction of sp³-hybridized carbons (Fsp3) is 0.412. The molecule has 0 spiro atoms. The fourth-order valence-corrected chi connectivity index (χ4v) is 3.35. The van der Waals surface area contributed by atoms with Crippen LogP contribution < -0.4 is 5.32 Å². The van der Waals surface area contributed by atoms with Crippen molar-refractivity contribution < 1.29 is 9.59 Å². The zero-order chi connectivity index (χ0) is 17.1. The van der Waals surface area contributed by atoms with Gasteiger partial charge in [0.25, 0.3) is 0 Å². The molecular formula is C17H20N4O2S. The number of rotatable bonds is 7. The van der Waals surface area contributed by atoms with Gasteiger partial charge >= 0.3 is 0 Å². The number of carbonyl (C=O) groups excluding carboxylic acids is 2. The van der Waals surface area contributed by atoms with Gasteiger partial charge in [-0.2, -0.15) is 0 Å². The number of benzene rings is 1. The molecule has 126 valence electrons. The van der Waals surface area contributed by atoms with Gasteiger partial charge in [-0.3, -0.25) is 9.59 Å². The molecule has 24 heavy (non-hydrogen) atoms. The first-order valence-corrected chi connectivity index (χ1v) is 9.04. The number of anilines is 1. The molecule has 1 aromatic heterocycles. The topological polar surface area (TPSA) is 76.9 Å². The summed E-state index contributed by atoms with van der Waals surface area (Å²) in [5, 5.41) is 11.9. The van der Waals surface area contributed by atoms with Crippen LogP contribution in [-0.2, 0) is 4.79 Å². The zero-order valence-electron chi connectivity index (χ0n) is 13.8. The lowest BCUT2D eigenvalue weighted by atomic mass is 10.1. The van der Waals surface area contributed by atoms with Crippen molar-refractivity contribution in [3.05, 3.63) is 35.7 Å². The third-order valence-corrected chi connectivity index (χ3v) is 4.83. The van der Waals surface area contributed by atoms with E-state index >= 15 is 0 Å². The molecule has 1 amide bonds. The molecule has 0 aliphatic heterocycles. The number of aryl methyl sites for hydroxylation is 1. The number of aromatic nitrogens is 3. The van der Waals surface area contributed by atoms with Gasteiger partial charge in [0.15, 0.2) is 10.9 Å². The molecule has 0 bridgehead atoms. The van der Waals surface area contributed by atoms with Gasteiger partial charge < -0.3 is 9.88 Å². The van der Waals surface area contributed by atoms with Crippen molar-refractivity contribution in [1.82, 2.24) is 14.8 Å². The first-order chi connectivity index (χ1) is 11.6. The van der Waals surface area contributed by atoms with Gasteiger partial charge in [0.05, 0.1) is 5.75 Å². The van der Waals surface area contributed by atoms with E-state index in [0.717, 1.165) is 23.8 Å². The van der Waals surface area contributed by atoms with Gasteiger partial charge in [0, 0.05) is 23.7 Å². The van der Waals surface area contributed by atoms with Gasteiger partial charge in [-0.15, -0.1) is 10.2 Å². The summed E-state index contributed by atoms with van der Waals surface area (Å²) in [5.41, 5.74) is 1.33. The SMILES string of the molecule is CCC(=O)Nc1ccc(C(=O)CSc2nnc(C)n2C2CC2)cc1. The number of hydrogen-bond acceptors (Lipinski definition) is 5. The van der Waals surface area contributed by atoms with Crippen molar-refractivity contribution in [2.45, 2.75) is 44.3 Å². The second-order valence-electron chi connectivity index (χ2n) is 5.82. The molecule has 3 rings (SSSR count). The molecule has 0 atom stereocenters. The number of amides is 1. The molecule has 1 N–H and O–H groups in total. The lowest BCUT2D eigenvalue weighted by Crippen LogP contribution is -2.10. The van der Waals surface area contributed by atoms with Crippen LogP contribution in [0.1, 0.15) is 48.4 Å². The van der Waals surface area contributed by atoms with E-state index in [9.17, 15) is 9.59 Å². The highest BCUT2D eigenvalue weighted by Gasteiger charge is 2.28. The number of nitrogens with zero attached hydrogens (tertiary/aromatic N) is 3. The van der Waals surface area contributed by atoms with Gasteiger partial charge in [0.1, 0.15) is 5.82 Å². The summed E-state index contributed by atoms with van der Waals surface area (Å²) in [6, 6.07) is 7.49. The highest BCUT2D eigenvalue weighted by molar-refractivity contribution is 7.99. The maximum atomic E-state index is 12.3. The van der Waals surface area contributed by atoms with E-state index in [4.69, 9.17) is 0 Å². The Morgan fingerprint density at radius 3 is 2.58 bits per heavy atom. The van der Waals surface area contributed by atoms with E-state index in [2.05, 4.69) is 20.1 Å². The van der Waals surface area contributed by atoms with Gasteiger partial charge in [-0.05, 0) is 44.0 Å². The molecule has 1 aliphatic rings.